The minimum Gasteiger partial charge on any atom is -0.335 e. The number of benzene rings is 1. The van der Waals surface area contributed by atoms with Crippen LogP contribution in [0.25, 0.3) is 0 Å². The lowest BCUT2D eigenvalue weighted by Gasteiger charge is -2.28. The molecule has 2 rings (SSSR count). The van der Waals surface area contributed by atoms with Crippen LogP contribution in [0.2, 0.25) is 0 Å². The normalized spacial score (nSPS) is 18.3. The third-order valence-electron chi connectivity index (χ3n) is 3.22. The number of nitrogens with one attached hydrogen (secondary N) is 1. The Morgan fingerprint density at radius 3 is 2.78 bits per heavy atom. The van der Waals surface area contributed by atoms with Crippen LogP contribution >= 0.6 is 11.8 Å². The van der Waals surface area contributed by atoms with E-state index in [0.717, 1.165) is 23.9 Å². The lowest BCUT2D eigenvalue weighted by Crippen LogP contribution is -2.27. The molecular formula is C15H22N2S. The first-order valence-electron chi connectivity index (χ1n) is 6.54. The number of aliphatic imine (C=N–C) groups is 1. The maximum absolute atomic E-state index is 4.66. The van der Waals surface area contributed by atoms with Crippen LogP contribution in [0.1, 0.15) is 31.9 Å². The Balaban J connectivity index is 2.18. The average Bonchev–Trinajstić information content (AvgIpc) is 2.34. The number of hydrogen-bond donors (Lipinski definition) is 1. The number of anilines is 1. The summed E-state index contributed by atoms with van der Waals surface area (Å²) in [6.45, 7) is 9.80. The van der Waals surface area contributed by atoms with E-state index in [4.69, 9.17) is 0 Å². The minimum absolute atomic E-state index is 0.329. The third kappa shape index (κ3) is 3.08. The third-order valence-corrected chi connectivity index (χ3v) is 4.65. The molecular weight excluding hydrogens is 240 g/mol. The zero-order chi connectivity index (χ0) is 13.2. The Hall–Kier alpha value is -0.960. The zero-order valence-electron chi connectivity index (χ0n) is 11.7. The molecule has 1 aromatic rings. The topological polar surface area (TPSA) is 24.4 Å². The summed E-state index contributed by atoms with van der Waals surface area (Å²) in [5.41, 5.74) is 4.23. The number of hydrogen-bond acceptors (Lipinski definition) is 3. The van der Waals surface area contributed by atoms with Gasteiger partial charge in [-0.25, -0.2) is 0 Å². The second-order valence-corrected chi connectivity index (χ2v) is 6.63. The average molecular weight is 262 g/mol. The van der Waals surface area contributed by atoms with E-state index in [1.807, 2.05) is 11.8 Å². The SMILES string of the molecule is CCc1cccc(C)c1NC1=NCC(C)(C)CS1. The summed E-state index contributed by atoms with van der Waals surface area (Å²) in [6.07, 6.45) is 1.05. The summed E-state index contributed by atoms with van der Waals surface area (Å²) in [5, 5.41) is 4.59. The number of rotatable bonds is 2. The molecule has 1 aliphatic heterocycles. The summed E-state index contributed by atoms with van der Waals surface area (Å²) >= 11 is 1.83. The number of amidine groups is 1. The van der Waals surface area contributed by atoms with Gasteiger partial charge in [-0.3, -0.25) is 4.99 Å². The van der Waals surface area contributed by atoms with Crippen molar-refractivity contribution in [2.24, 2.45) is 10.4 Å². The van der Waals surface area contributed by atoms with E-state index < -0.39 is 0 Å². The molecule has 0 unspecified atom stereocenters. The maximum atomic E-state index is 4.66. The molecule has 0 saturated heterocycles. The summed E-state index contributed by atoms with van der Waals surface area (Å²) < 4.78 is 0. The zero-order valence-corrected chi connectivity index (χ0v) is 12.5. The van der Waals surface area contributed by atoms with Gasteiger partial charge >= 0.3 is 0 Å². The van der Waals surface area contributed by atoms with Crippen molar-refractivity contribution >= 4 is 22.6 Å². The van der Waals surface area contributed by atoms with Gasteiger partial charge in [0.2, 0.25) is 0 Å². The molecule has 98 valence electrons. The van der Waals surface area contributed by atoms with Gasteiger partial charge in [-0.15, -0.1) is 0 Å². The second kappa shape index (κ2) is 5.35. The number of thioether (sulfide) groups is 1. The van der Waals surface area contributed by atoms with Crippen LogP contribution in [0.4, 0.5) is 5.69 Å². The lowest BCUT2D eigenvalue weighted by atomic mass is 9.97. The lowest BCUT2D eigenvalue weighted by molar-refractivity contribution is 0.438. The van der Waals surface area contributed by atoms with Gasteiger partial charge in [-0.05, 0) is 29.9 Å². The van der Waals surface area contributed by atoms with Gasteiger partial charge < -0.3 is 5.32 Å². The Bertz CT molecular complexity index is 464. The van der Waals surface area contributed by atoms with Crippen molar-refractivity contribution < 1.29 is 0 Å². The molecule has 1 heterocycles. The smallest absolute Gasteiger partial charge is 0.161 e. The highest BCUT2D eigenvalue weighted by atomic mass is 32.2. The van der Waals surface area contributed by atoms with E-state index in [2.05, 4.69) is 56.2 Å². The van der Waals surface area contributed by atoms with Crippen LogP contribution in [-0.4, -0.2) is 17.5 Å². The van der Waals surface area contributed by atoms with Gasteiger partial charge in [-0.2, -0.15) is 0 Å². The summed E-state index contributed by atoms with van der Waals surface area (Å²) in [7, 11) is 0. The van der Waals surface area contributed by atoms with Crippen molar-refractivity contribution in [2.75, 3.05) is 17.6 Å². The maximum Gasteiger partial charge on any atom is 0.161 e. The Morgan fingerprint density at radius 1 is 1.39 bits per heavy atom. The van der Waals surface area contributed by atoms with E-state index in [9.17, 15) is 0 Å². The highest BCUT2D eigenvalue weighted by Gasteiger charge is 2.23. The fourth-order valence-corrected chi connectivity index (χ4v) is 2.97. The van der Waals surface area contributed by atoms with Crippen LogP contribution in [0.3, 0.4) is 0 Å². The predicted octanol–water partition coefficient (Wildman–Crippen LogP) is 4.10. The van der Waals surface area contributed by atoms with Gasteiger partial charge in [0.15, 0.2) is 5.17 Å². The first-order chi connectivity index (χ1) is 8.52. The van der Waals surface area contributed by atoms with Crippen molar-refractivity contribution in [1.82, 2.24) is 0 Å². The van der Waals surface area contributed by atoms with Crippen LogP contribution in [0.15, 0.2) is 23.2 Å². The van der Waals surface area contributed by atoms with Crippen molar-refractivity contribution in [1.29, 1.82) is 0 Å². The van der Waals surface area contributed by atoms with Crippen molar-refractivity contribution in [2.45, 2.75) is 34.1 Å². The number of aryl methyl sites for hydroxylation is 2. The van der Waals surface area contributed by atoms with Crippen LogP contribution < -0.4 is 5.32 Å². The van der Waals surface area contributed by atoms with E-state index in [1.54, 1.807) is 0 Å². The molecule has 18 heavy (non-hydrogen) atoms. The fourth-order valence-electron chi connectivity index (χ4n) is 2.03. The predicted molar refractivity (Wildman–Crippen MR) is 82.7 cm³/mol. The molecule has 1 N–H and O–H groups in total. The summed E-state index contributed by atoms with van der Waals surface area (Å²) in [5.74, 6) is 1.13. The molecule has 0 aromatic heterocycles. The van der Waals surface area contributed by atoms with E-state index in [-0.39, 0.29) is 0 Å². The second-order valence-electron chi connectivity index (χ2n) is 5.66. The largest absolute Gasteiger partial charge is 0.335 e. The van der Waals surface area contributed by atoms with Crippen LogP contribution in [-0.2, 0) is 6.42 Å². The first-order valence-corrected chi connectivity index (χ1v) is 7.53. The van der Waals surface area contributed by atoms with Crippen molar-refractivity contribution in [3.05, 3.63) is 29.3 Å². The molecule has 0 radical (unpaired) electrons. The van der Waals surface area contributed by atoms with E-state index in [1.165, 1.54) is 16.8 Å². The molecule has 1 aromatic carbocycles. The highest BCUT2D eigenvalue weighted by molar-refractivity contribution is 8.14. The van der Waals surface area contributed by atoms with Gasteiger partial charge in [0, 0.05) is 18.0 Å². The highest BCUT2D eigenvalue weighted by Crippen LogP contribution is 2.30. The minimum atomic E-state index is 0.329. The molecule has 3 heteroatoms. The molecule has 0 aliphatic carbocycles. The van der Waals surface area contributed by atoms with Gasteiger partial charge in [0.25, 0.3) is 0 Å². The Morgan fingerprint density at radius 2 is 2.17 bits per heavy atom. The molecule has 1 aliphatic rings. The van der Waals surface area contributed by atoms with Gasteiger partial charge in [-0.1, -0.05) is 50.7 Å². The number of para-hydroxylation sites is 1. The van der Waals surface area contributed by atoms with Gasteiger partial charge in [0.05, 0.1) is 0 Å². The number of nitrogens with zero attached hydrogens (tertiary/aromatic N) is 1. The first kappa shape index (κ1) is 13.5. The molecule has 0 atom stereocenters. The molecule has 0 saturated carbocycles. The molecule has 0 bridgehead atoms. The molecule has 0 spiro atoms. The summed E-state index contributed by atoms with van der Waals surface area (Å²) in [6, 6.07) is 6.46. The summed E-state index contributed by atoms with van der Waals surface area (Å²) in [4.78, 5) is 4.66. The quantitative estimate of drug-likeness (QED) is 0.868. The molecule has 0 amide bonds. The Kier molecular flexibility index (Phi) is 4.00. The monoisotopic (exact) mass is 262 g/mol. The molecule has 0 fully saturated rings. The van der Waals surface area contributed by atoms with Crippen molar-refractivity contribution in [3.8, 4) is 0 Å². The Labute approximate surface area is 114 Å². The fraction of sp³-hybridized carbons (Fsp3) is 0.533. The standard InChI is InChI=1S/C15H22N2S/c1-5-12-8-6-7-11(2)13(12)17-14-16-9-15(3,4)10-18-14/h6-8H,5,9-10H2,1-4H3,(H,16,17). The van der Waals surface area contributed by atoms with Crippen LogP contribution in [0, 0.1) is 12.3 Å². The van der Waals surface area contributed by atoms with Gasteiger partial charge in [0.1, 0.15) is 0 Å². The molecule has 2 nitrogen and oxygen atoms in total. The van der Waals surface area contributed by atoms with Crippen molar-refractivity contribution in [3.63, 3.8) is 0 Å². The van der Waals surface area contributed by atoms with E-state index >= 15 is 0 Å². The van der Waals surface area contributed by atoms with E-state index in [0.29, 0.717) is 5.41 Å². The van der Waals surface area contributed by atoms with Crippen LogP contribution in [0.5, 0.6) is 0 Å².